The number of nitrogens with one attached hydrogen (secondary N) is 2. The summed E-state index contributed by atoms with van der Waals surface area (Å²) in [7, 11) is 3.22. The zero-order valence-corrected chi connectivity index (χ0v) is 20.0. The summed E-state index contributed by atoms with van der Waals surface area (Å²) >= 11 is 1.68. The number of carbonyl (C=O) groups is 1. The molecule has 1 amide bonds. The van der Waals surface area contributed by atoms with Crippen LogP contribution in [-0.4, -0.2) is 30.1 Å². The van der Waals surface area contributed by atoms with E-state index >= 15 is 0 Å². The molecular formula is C25H26N4O3S. The van der Waals surface area contributed by atoms with E-state index in [9.17, 15) is 4.79 Å². The molecule has 0 radical (unpaired) electrons. The van der Waals surface area contributed by atoms with Crippen LogP contribution >= 0.6 is 11.3 Å². The number of hydrogen-bond donors (Lipinski definition) is 2. The Labute approximate surface area is 196 Å². The van der Waals surface area contributed by atoms with Gasteiger partial charge in [-0.3, -0.25) is 4.79 Å². The molecule has 8 heteroatoms. The van der Waals surface area contributed by atoms with E-state index in [-0.39, 0.29) is 11.9 Å². The number of rotatable bonds is 7. The average molecular weight is 463 g/mol. The highest BCUT2D eigenvalue weighted by atomic mass is 32.1. The summed E-state index contributed by atoms with van der Waals surface area (Å²) in [5.41, 5.74) is 2.58. The van der Waals surface area contributed by atoms with Gasteiger partial charge in [0.2, 0.25) is 5.91 Å². The van der Waals surface area contributed by atoms with Gasteiger partial charge in [0.05, 0.1) is 25.8 Å². The van der Waals surface area contributed by atoms with Crippen molar-refractivity contribution in [1.29, 1.82) is 0 Å². The quantitative estimate of drug-likeness (QED) is 0.360. The normalized spacial score (nSPS) is 11.8. The van der Waals surface area contributed by atoms with Crippen molar-refractivity contribution in [3.05, 3.63) is 59.2 Å². The lowest BCUT2D eigenvalue weighted by atomic mass is 10.1. The lowest BCUT2D eigenvalue weighted by Crippen LogP contribution is -2.08. The Bertz CT molecular complexity index is 1320. The molecule has 2 aromatic heterocycles. The number of hydrogen-bond acceptors (Lipinski definition) is 7. The summed E-state index contributed by atoms with van der Waals surface area (Å²) in [6, 6.07) is 15.8. The molecule has 0 fully saturated rings. The molecule has 33 heavy (non-hydrogen) atoms. The first kappa shape index (κ1) is 22.5. The molecule has 0 bridgehead atoms. The van der Waals surface area contributed by atoms with Gasteiger partial charge in [-0.1, -0.05) is 18.2 Å². The molecule has 0 spiro atoms. The summed E-state index contributed by atoms with van der Waals surface area (Å²) in [5.74, 6) is 2.57. The van der Waals surface area contributed by atoms with E-state index in [4.69, 9.17) is 9.47 Å². The van der Waals surface area contributed by atoms with Crippen LogP contribution in [0.1, 0.15) is 30.6 Å². The molecule has 2 N–H and O–H groups in total. The smallest absolute Gasteiger partial charge is 0.221 e. The number of thiophene rings is 1. The molecule has 4 aromatic rings. The Morgan fingerprint density at radius 3 is 2.48 bits per heavy atom. The van der Waals surface area contributed by atoms with Gasteiger partial charge in [0.1, 0.15) is 11.6 Å². The maximum Gasteiger partial charge on any atom is 0.221 e. The second-order valence-corrected chi connectivity index (χ2v) is 8.75. The van der Waals surface area contributed by atoms with Crippen LogP contribution in [0.5, 0.6) is 11.5 Å². The van der Waals surface area contributed by atoms with Crippen molar-refractivity contribution in [2.45, 2.75) is 26.8 Å². The standard InChI is InChI=1S/C25H26N4O3S/c1-14(23-10-11-24(33-23)17-8-6-7-9-19(17)29-16(3)30)26-25-18-12-21(31-4)22(32-5)13-20(18)27-15(2)28-25/h6-14H,1-5H3,(H,29,30)(H,26,27,28). The second-order valence-electron chi connectivity index (χ2n) is 7.64. The molecule has 0 aliphatic heterocycles. The van der Waals surface area contributed by atoms with Gasteiger partial charge in [-0.05, 0) is 38.1 Å². The first-order valence-corrected chi connectivity index (χ1v) is 11.3. The van der Waals surface area contributed by atoms with Gasteiger partial charge < -0.3 is 20.1 Å². The number of aromatic nitrogens is 2. The maximum absolute atomic E-state index is 11.6. The van der Waals surface area contributed by atoms with E-state index in [0.29, 0.717) is 17.3 Å². The fourth-order valence-corrected chi connectivity index (χ4v) is 4.73. The van der Waals surface area contributed by atoms with Crippen molar-refractivity contribution in [2.24, 2.45) is 0 Å². The summed E-state index contributed by atoms with van der Waals surface area (Å²) in [6.45, 7) is 5.48. The largest absolute Gasteiger partial charge is 0.493 e. The Balaban J connectivity index is 1.66. The summed E-state index contributed by atoms with van der Waals surface area (Å²) < 4.78 is 10.9. The van der Waals surface area contributed by atoms with Crippen LogP contribution in [0.2, 0.25) is 0 Å². The first-order chi connectivity index (χ1) is 15.9. The molecule has 0 saturated heterocycles. The number of benzene rings is 2. The molecule has 0 aliphatic rings. The molecule has 1 unspecified atom stereocenters. The van der Waals surface area contributed by atoms with E-state index in [1.54, 1.807) is 25.6 Å². The zero-order valence-electron chi connectivity index (χ0n) is 19.2. The Hall–Kier alpha value is -3.65. The van der Waals surface area contributed by atoms with Crippen molar-refractivity contribution in [3.8, 4) is 21.9 Å². The van der Waals surface area contributed by atoms with E-state index in [0.717, 1.165) is 37.7 Å². The number of ether oxygens (including phenoxy) is 2. The SMILES string of the molecule is COc1cc2nc(C)nc(NC(C)c3ccc(-c4ccccc4NC(C)=O)s3)c2cc1OC. The van der Waals surface area contributed by atoms with Crippen molar-refractivity contribution >= 4 is 39.7 Å². The summed E-state index contributed by atoms with van der Waals surface area (Å²) in [6.07, 6.45) is 0. The average Bonchev–Trinajstić information content (AvgIpc) is 3.28. The third kappa shape index (κ3) is 4.75. The van der Waals surface area contributed by atoms with Gasteiger partial charge in [0.25, 0.3) is 0 Å². The number of amides is 1. The molecule has 2 aromatic carbocycles. The number of fused-ring (bicyclic) bond motifs is 1. The van der Waals surface area contributed by atoms with Crippen molar-refractivity contribution in [3.63, 3.8) is 0 Å². The van der Waals surface area contributed by atoms with Crippen LogP contribution in [0.4, 0.5) is 11.5 Å². The van der Waals surface area contributed by atoms with E-state index in [1.165, 1.54) is 6.92 Å². The fourth-order valence-electron chi connectivity index (χ4n) is 3.68. The molecule has 4 rings (SSSR count). The number of aryl methyl sites for hydroxylation is 1. The lowest BCUT2D eigenvalue weighted by molar-refractivity contribution is -0.114. The highest BCUT2D eigenvalue weighted by molar-refractivity contribution is 7.15. The van der Waals surface area contributed by atoms with Gasteiger partial charge >= 0.3 is 0 Å². The van der Waals surface area contributed by atoms with Crippen molar-refractivity contribution in [2.75, 3.05) is 24.9 Å². The summed E-state index contributed by atoms with van der Waals surface area (Å²) in [4.78, 5) is 23.0. The topological polar surface area (TPSA) is 85.4 Å². The van der Waals surface area contributed by atoms with Crippen LogP contribution in [0.15, 0.2) is 48.5 Å². The van der Waals surface area contributed by atoms with Gasteiger partial charge in [-0.2, -0.15) is 0 Å². The minimum absolute atomic E-state index is 0.00211. The highest BCUT2D eigenvalue weighted by Crippen LogP contribution is 2.38. The van der Waals surface area contributed by atoms with Crippen LogP contribution in [0.25, 0.3) is 21.3 Å². The Morgan fingerprint density at radius 1 is 1.03 bits per heavy atom. The number of methoxy groups -OCH3 is 2. The molecule has 170 valence electrons. The van der Waals surface area contributed by atoms with Gasteiger partial charge in [0, 0.05) is 39.4 Å². The van der Waals surface area contributed by atoms with Crippen molar-refractivity contribution in [1.82, 2.24) is 9.97 Å². The number of nitrogens with zero attached hydrogens (tertiary/aromatic N) is 2. The van der Waals surface area contributed by atoms with E-state index in [1.807, 2.05) is 43.3 Å². The monoisotopic (exact) mass is 462 g/mol. The van der Waals surface area contributed by atoms with E-state index < -0.39 is 0 Å². The number of carbonyl (C=O) groups excluding carboxylic acids is 1. The molecular weight excluding hydrogens is 436 g/mol. The summed E-state index contributed by atoms with van der Waals surface area (Å²) in [5, 5.41) is 7.30. The van der Waals surface area contributed by atoms with Gasteiger partial charge in [0.15, 0.2) is 11.5 Å². The third-order valence-electron chi connectivity index (χ3n) is 5.22. The van der Waals surface area contributed by atoms with E-state index in [2.05, 4.69) is 39.7 Å². The molecule has 7 nitrogen and oxygen atoms in total. The third-order valence-corrected chi connectivity index (χ3v) is 6.52. The minimum atomic E-state index is -0.0904. The number of anilines is 2. The molecule has 0 saturated carbocycles. The van der Waals surface area contributed by atoms with Crippen LogP contribution in [0, 0.1) is 6.92 Å². The van der Waals surface area contributed by atoms with Crippen molar-refractivity contribution < 1.29 is 14.3 Å². The van der Waals surface area contributed by atoms with Gasteiger partial charge in [-0.15, -0.1) is 11.3 Å². The molecule has 2 heterocycles. The highest BCUT2D eigenvalue weighted by Gasteiger charge is 2.17. The van der Waals surface area contributed by atoms with Crippen LogP contribution in [-0.2, 0) is 4.79 Å². The molecule has 0 aliphatic carbocycles. The zero-order chi connectivity index (χ0) is 23.5. The maximum atomic E-state index is 11.6. The number of para-hydroxylation sites is 1. The van der Waals surface area contributed by atoms with Crippen LogP contribution in [0.3, 0.4) is 0 Å². The fraction of sp³-hybridized carbons (Fsp3) is 0.240. The second kappa shape index (κ2) is 9.46. The lowest BCUT2D eigenvalue weighted by Gasteiger charge is -2.16. The Kier molecular flexibility index (Phi) is 6.46. The predicted octanol–water partition coefficient (Wildman–Crippen LogP) is 5.82. The first-order valence-electron chi connectivity index (χ1n) is 10.5. The molecule has 1 atom stereocenters. The van der Waals surface area contributed by atoms with Crippen LogP contribution < -0.4 is 20.1 Å². The Morgan fingerprint density at radius 2 is 1.76 bits per heavy atom. The minimum Gasteiger partial charge on any atom is -0.493 e. The van der Waals surface area contributed by atoms with Gasteiger partial charge in [-0.25, -0.2) is 9.97 Å². The predicted molar refractivity (Wildman–Crippen MR) is 133 cm³/mol.